The van der Waals surface area contributed by atoms with Crippen LogP contribution in [0.5, 0.6) is 5.75 Å². The van der Waals surface area contributed by atoms with Crippen LogP contribution in [0.3, 0.4) is 0 Å². The Morgan fingerprint density at radius 2 is 1.78 bits per heavy atom. The van der Waals surface area contributed by atoms with E-state index in [-0.39, 0.29) is 28.6 Å². The number of halogens is 1. The van der Waals surface area contributed by atoms with Crippen LogP contribution in [0.4, 0.5) is 17.1 Å². The van der Waals surface area contributed by atoms with E-state index < -0.39 is 20.9 Å². The highest BCUT2D eigenvalue weighted by Gasteiger charge is 2.18. The number of ether oxygens (including phenoxy) is 1. The molecule has 0 saturated carbocycles. The van der Waals surface area contributed by atoms with Gasteiger partial charge in [-0.2, -0.15) is 0 Å². The Morgan fingerprint density at radius 3 is 2.44 bits per heavy atom. The van der Waals surface area contributed by atoms with Crippen molar-refractivity contribution in [3.05, 3.63) is 87.4 Å². The molecule has 0 fully saturated rings. The third-order valence-corrected chi connectivity index (χ3v) is 6.01. The molecule has 0 aromatic heterocycles. The third kappa shape index (κ3) is 5.96. The van der Waals surface area contributed by atoms with Gasteiger partial charge in [-0.05, 0) is 55.0 Å². The molecule has 0 unspecified atom stereocenters. The van der Waals surface area contributed by atoms with Crippen molar-refractivity contribution in [3.63, 3.8) is 0 Å². The number of carbonyl (C=O) groups is 1. The maximum Gasteiger partial charge on any atom is 0.269 e. The first kappa shape index (κ1) is 23.0. The molecule has 1 amide bonds. The second-order valence-electron chi connectivity index (χ2n) is 6.68. The van der Waals surface area contributed by atoms with Gasteiger partial charge in [0.15, 0.2) is 6.61 Å². The number of rotatable bonds is 8. The molecule has 2 N–H and O–H groups in total. The standard InChI is InChI=1S/C21H18ClN3O6S/c1-14-5-6-16(12-20(14)32(29,30)24-17-4-2-3-15(22)11-17)23-21(26)13-31-19-9-7-18(8-10-19)25(27)28/h2-12,24H,13H2,1H3,(H,23,26). The molecule has 0 heterocycles. The molecule has 0 atom stereocenters. The first-order chi connectivity index (χ1) is 15.1. The van der Waals surface area contributed by atoms with Crippen molar-refractivity contribution in [3.8, 4) is 5.75 Å². The van der Waals surface area contributed by atoms with Gasteiger partial charge < -0.3 is 10.1 Å². The molecule has 9 nitrogen and oxygen atoms in total. The largest absolute Gasteiger partial charge is 0.484 e. The van der Waals surface area contributed by atoms with Crippen LogP contribution in [0.25, 0.3) is 0 Å². The molecule has 3 rings (SSSR count). The lowest BCUT2D eigenvalue weighted by Gasteiger charge is -2.13. The Morgan fingerprint density at radius 1 is 1.06 bits per heavy atom. The molecule has 166 valence electrons. The van der Waals surface area contributed by atoms with Gasteiger partial charge in [-0.3, -0.25) is 19.6 Å². The van der Waals surface area contributed by atoms with Crippen molar-refractivity contribution in [1.29, 1.82) is 0 Å². The summed E-state index contributed by atoms with van der Waals surface area (Å²) in [5.41, 5.74) is 0.962. The molecular formula is C21H18ClN3O6S. The number of aryl methyl sites for hydroxylation is 1. The van der Waals surface area contributed by atoms with Crippen LogP contribution in [-0.4, -0.2) is 25.9 Å². The highest BCUT2D eigenvalue weighted by atomic mass is 35.5. The number of carbonyl (C=O) groups excluding carboxylic acids is 1. The van der Waals surface area contributed by atoms with Crippen molar-refractivity contribution >= 4 is 44.6 Å². The van der Waals surface area contributed by atoms with Gasteiger partial charge in [-0.15, -0.1) is 0 Å². The first-order valence-corrected chi connectivity index (χ1v) is 11.1. The zero-order valence-corrected chi connectivity index (χ0v) is 18.3. The van der Waals surface area contributed by atoms with E-state index >= 15 is 0 Å². The van der Waals surface area contributed by atoms with Gasteiger partial charge >= 0.3 is 0 Å². The van der Waals surface area contributed by atoms with Crippen LogP contribution < -0.4 is 14.8 Å². The predicted octanol–water partition coefficient (Wildman–Crippen LogP) is 4.37. The lowest BCUT2D eigenvalue weighted by Crippen LogP contribution is -2.21. The van der Waals surface area contributed by atoms with Gasteiger partial charge in [0, 0.05) is 22.8 Å². The molecule has 3 aromatic rings. The zero-order valence-electron chi connectivity index (χ0n) is 16.7. The molecular weight excluding hydrogens is 458 g/mol. The second kappa shape index (κ2) is 9.67. The Hall–Kier alpha value is -3.63. The predicted molar refractivity (Wildman–Crippen MR) is 121 cm³/mol. The molecule has 3 aromatic carbocycles. The molecule has 32 heavy (non-hydrogen) atoms. The number of nitrogens with one attached hydrogen (secondary N) is 2. The minimum Gasteiger partial charge on any atom is -0.484 e. The van der Waals surface area contributed by atoms with E-state index in [9.17, 15) is 23.3 Å². The maximum absolute atomic E-state index is 12.8. The summed E-state index contributed by atoms with van der Waals surface area (Å²) in [4.78, 5) is 22.3. The van der Waals surface area contributed by atoms with Crippen molar-refractivity contribution in [2.45, 2.75) is 11.8 Å². The van der Waals surface area contributed by atoms with E-state index in [0.717, 1.165) is 0 Å². The number of nitrogens with zero attached hydrogens (tertiary/aromatic N) is 1. The first-order valence-electron chi connectivity index (χ1n) is 9.20. The van der Waals surface area contributed by atoms with Crippen molar-refractivity contribution in [1.82, 2.24) is 0 Å². The Kier molecular flexibility index (Phi) is 6.96. The summed E-state index contributed by atoms with van der Waals surface area (Å²) in [5, 5.41) is 13.6. The van der Waals surface area contributed by atoms with Gasteiger partial charge in [0.25, 0.3) is 21.6 Å². The van der Waals surface area contributed by atoms with Crippen LogP contribution in [0, 0.1) is 17.0 Å². The van der Waals surface area contributed by atoms with Crippen LogP contribution in [0.15, 0.2) is 71.6 Å². The van der Waals surface area contributed by atoms with E-state index in [1.807, 2.05) is 0 Å². The molecule has 0 spiro atoms. The summed E-state index contributed by atoms with van der Waals surface area (Å²) < 4.78 is 33.4. The number of hydrogen-bond donors (Lipinski definition) is 2. The average Bonchev–Trinajstić information content (AvgIpc) is 2.73. The summed E-state index contributed by atoms with van der Waals surface area (Å²) in [7, 11) is -3.93. The number of nitro benzene ring substituents is 1. The lowest BCUT2D eigenvalue weighted by molar-refractivity contribution is -0.384. The number of nitro groups is 1. The van der Waals surface area contributed by atoms with E-state index in [4.69, 9.17) is 16.3 Å². The minimum absolute atomic E-state index is 0.00781. The number of sulfonamides is 1. The van der Waals surface area contributed by atoms with Crippen LogP contribution >= 0.6 is 11.6 Å². The van der Waals surface area contributed by atoms with Gasteiger partial charge in [0.05, 0.1) is 15.5 Å². The topological polar surface area (TPSA) is 128 Å². The van der Waals surface area contributed by atoms with E-state index in [0.29, 0.717) is 16.3 Å². The number of hydrogen-bond acceptors (Lipinski definition) is 6. The molecule has 11 heteroatoms. The van der Waals surface area contributed by atoms with Gasteiger partial charge in [0.1, 0.15) is 5.75 Å². The molecule has 0 radical (unpaired) electrons. The molecule has 0 aliphatic heterocycles. The highest BCUT2D eigenvalue weighted by molar-refractivity contribution is 7.92. The van der Waals surface area contributed by atoms with Crippen LogP contribution in [-0.2, 0) is 14.8 Å². The third-order valence-electron chi connectivity index (χ3n) is 4.26. The fraction of sp³-hybridized carbons (Fsp3) is 0.0952. The zero-order chi connectivity index (χ0) is 23.3. The fourth-order valence-corrected chi connectivity index (χ4v) is 4.25. The average molecular weight is 476 g/mol. The van der Waals surface area contributed by atoms with Crippen LogP contribution in [0.2, 0.25) is 5.02 Å². The normalized spacial score (nSPS) is 10.9. The second-order valence-corrected chi connectivity index (χ2v) is 8.77. The maximum atomic E-state index is 12.8. The summed E-state index contributed by atoms with van der Waals surface area (Å²) in [6.45, 7) is 1.27. The smallest absolute Gasteiger partial charge is 0.269 e. The highest BCUT2D eigenvalue weighted by Crippen LogP contribution is 2.24. The molecule has 0 bridgehead atoms. The number of anilines is 2. The van der Waals surface area contributed by atoms with Gasteiger partial charge in [0.2, 0.25) is 0 Å². The SMILES string of the molecule is Cc1ccc(NC(=O)COc2ccc([N+](=O)[O-])cc2)cc1S(=O)(=O)Nc1cccc(Cl)c1. The summed E-state index contributed by atoms with van der Waals surface area (Å²) in [6.07, 6.45) is 0. The fourth-order valence-electron chi connectivity index (χ4n) is 2.74. The summed E-state index contributed by atoms with van der Waals surface area (Å²) in [5.74, 6) is -0.248. The van der Waals surface area contributed by atoms with Crippen molar-refractivity contribution in [2.24, 2.45) is 0 Å². The monoisotopic (exact) mass is 475 g/mol. The van der Waals surface area contributed by atoms with Crippen LogP contribution in [0.1, 0.15) is 5.56 Å². The molecule has 0 aliphatic carbocycles. The van der Waals surface area contributed by atoms with E-state index in [1.54, 1.807) is 37.3 Å². The molecule has 0 saturated heterocycles. The Labute approximate surface area is 189 Å². The Balaban J connectivity index is 1.68. The lowest BCUT2D eigenvalue weighted by atomic mass is 10.2. The summed E-state index contributed by atoms with van der Waals surface area (Å²) >= 11 is 5.90. The van der Waals surface area contributed by atoms with Gasteiger partial charge in [-0.25, -0.2) is 8.42 Å². The quantitative estimate of drug-likeness (QED) is 0.367. The number of benzene rings is 3. The van der Waals surface area contributed by atoms with Gasteiger partial charge in [-0.1, -0.05) is 23.7 Å². The minimum atomic E-state index is -3.93. The summed E-state index contributed by atoms with van der Waals surface area (Å²) in [6, 6.07) is 16.0. The van der Waals surface area contributed by atoms with Crippen molar-refractivity contribution < 1.29 is 22.9 Å². The van der Waals surface area contributed by atoms with E-state index in [1.165, 1.54) is 36.4 Å². The van der Waals surface area contributed by atoms with Crippen molar-refractivity contribution in [2.75, 3.05) is 16.6 Å². The van der Waals surface area contributed by atoms with E-state index in [2.05, 4.69) is 10.0 Å². The Bertz CT molecular complexity index is 1260. The molecule has 0 aliphatic rings. The number of non-ortho nitro benzene ring substituents is 1. The number of amides is 1.